The minimum atomic E-state index is -4.59. The zero-order chi connectivity index (χ0) is 21.3. The lowest BCUT2D eigenvalue weighted by atomic mass is 10.2. The van der Waals surface area contributed by atoms with Gasteiger partial charge in [0, 0.05) is 22.4 Å². The van der Waals surface area contributed by atoms with Crippen molar-refractivity contribution in [2.75, 3.05) is 5.32 Å². The standard InChI is InChI=1S/C20H12BrF3N4O2/c21-12-9-15(20(22,23)24)17-16(10-12)26-19(27-17)28-18(29)11-2-1-3-14(8-11)30-13-4-6-25-7-5-13/h1-10H,(H2,26,27,28,29). The Morgan fingerprint density at radius 3 is 2.57 bits per heavy atom. The van der Waals surface area contributed by atoms with E-state index in [1.807, 2.05) is 0 Å². The molecule has 0 saturated carbocycles. The molecule has 0 aliphatic rings. The summed E-state index contributed by atoms with van der Waals surface area (Å²) >= 11 is 3.05. The van der Waals surface area contributed by atoms with E-state index in [4.69, 9.17) is 4.74 Å². The van der Waals surface area contributed by atoms with Crippen LogP contribution in [0, 0.1) is 0 Å². The molecule has 30 heavy (non-hydrogen) atoms. The van der Waals surface area contributed by atoms with Crippen LogP contribution in [0.1, 0.15) is 15.9 Å². The third-order valence-corrected chi connectivity index (χ3v) is 4.53. The van der Waals surface area contributed by atoms with Gasteiger partial charge in [0.2, 0.25) is 5.95 Å². The van der Waals surface area contributed by atoms with Crippen molar-refractivity contribution in [2.45, 2.75) is 6.18 Å². The summed E-state index contributed by atoms with van der Waals surface area (Å²) in [5.74, 6) is 0.313. The van der Waals surface area contributed by atoms with Gasteiger partial charge in [-0.25, -0.2) is 4.98 Å². The molecule has 2 N–H and O–H groups in total. The Labute approximate surface area is 176 Å². The van der Waals surface area contributed by atoms with Crippen LogP contribution in [0.2, 0.25) is 0 Å². The van der Waals surface area contributed by atoms with E-state index >= 15 is 0 Å². The number of hydrogen-bond acceptors (Lipinski definition) is 4. The molecule has 4 rings (SSSR count). The molecule has 0 fully saturated rings. The Morgan fingerprint density at radius 1 is 1.07 bits per heavy atom. The molecule has 0 bridgehead atoms. The molecule has 152 valence electrons. The highest BCUT2D eigenvalue weighted by Gasteiger charge is 2.34. The number of fused-ring (bicyclic) bond motifs is 1. The SMILES string of the molecule is O=C(Nc1nc2c(C(F)(F)F)cc(Br)cc2[nH]1)c1cccc(Oc2ccncc2)c1. The highest BCUT2D eigenvalue weighted by atomic mass is 79.9. The number of halogens is 4. The first-order valence-electron chi connectivity index (χ1n) is 8.55. The molecule has 0 atom stereocenters. The average molecular weight is 477 g/mol. The lowest BCUT2D eigenvalue weighted by Gasteiger charge is -2.07. The molecule has 10 heteroatoms. The molecule has 0 unspecified atom stereocenters. The lowest BCUT2D eigenvalue weighted by molar-refractivity contribution is -0.136. The van der Waals surface area contributed by atoms with Crippen LogP contribution in [-0.2, 0) is 6.18 Å². The first kappa shape index (κ1) is 19.9. The van der Waals surface area contributed by atoms with E-state index < -0.39 is 17.6 Å². The van der Waals surface area contributed by atoms with Crippen molar-refractivity contribution in [1.29, 1.82) is 0 Å². The van der Waals surface area contributed by atoms with Crippen molar-refractivity contribution < 1.29 is 22.7 Å². The molecule has 2 aromatic heterocycles. The quantitative estimate of drug-likeness (QED) is 0.391. The highest BCUT2D eigenvalue weighted by Crippen LogP contribution is 2.36. The summed E-state index contributed by atoms with van der Waals surface area (Å²) in [6.07, 6.45) is -1.45. The monoisotopic (exact) mass is 476 g/mol. The normalized spacial score (nSPS) is 11.5. The van der Waals surface area contributed by atoms with E-state index in [-0.39, 0.29) is 27.0 Å². The van der Waals surface area contributed by atoms with Crippen molar-refractivity contribution in [2.24, 2.45) is 0 Å². The number of nitrogens with one attached hydrogen (secondary N) is 2. The topological polar surface area (TPSA) is 79.9 Å². The van der Waals surface area contributed by atoms with Crippen LogP contribution in [0.15, 0.2) is 65.4 Å². The molecule has 0 saturated heterocycles. The number of anilines is 1. The zero-order valence-electron chi connectivity index (χ0n) is 15.0. The number of imidazole rings is 1. The number of aromatic nitrogens is 3. The number of amides is 1. The van der Waals surface area contributed by atoms with E-state index in [1.165, 1.54) is 12.1 Å². The summed E-state index contributed by atoms with van der Waals surface area (Å²) in [6, 6.07) is 12.1. The van der Waals surface area contributed by atoms with Gasteiger partial charge in [-0.3, -0.25) is 15.1 Å². The van der Waals surface area contributed by atoms with Crippen molar-refractivity contribution in [3.8, 4) is 11.5 Å². The second-order valence-corrected chi connectivity index (χ2v) is 7.12. The fourth-order valence-electron chi connectivity index (χ4n) is 2.78. The van der Waals surface area contributed by atoms with Crippen molar-refractivity contribution in [1.82, 2.24) is 15.0 Å². The molecule has 2 heterocycles. The number of aromatic amines is 1. The summed E-state index contributed by atoms with van der Waals surface area (Å²) in [5.41, 5.74) is -0.798. The fraction of sp³-hybridized carbons (Fsp3) is 0.0500. The Hall–Kier alpha value is -3.40. The van der Waals surface area contributed by atoms with Crippen molar-refractivity contribution in [3.05, 3.63) is 76.5 Å². The molecule has 0 radical (unpaired) electrons. The summed E-state index contributed by atoms with van der Waals surface area (Å²) in [5, 5.41) is 2.48. The number of benzene rings is 2. The Balaban J connectivity index is 1.58. The van der Waals surface area contributed by atoms with Gasteiger partial charge in [0.25, 0.3) is 5.91 Å². The minimum Gasteiger partial charge on any atom is -0.457 e. The van der Waals surface area contributed by atoms with Crippen LogP contribution >= 0.6 is 15.9 Å². The number of rotatable bonds is 4. The van der Waals surface area contributed by atoms with E-state index in [1.54, 1.807) is 42.7 Å². The summed E-state index contributed by atoms with van der Waals surface area (Å²) in [7, 11) is 0. The van der Waals surface area contributed by atoms with Gasteiger partial charge in [0.05, 0.1) is 11.1 Å². The molecule has 0 aliphatic heterocycles. The van der Waals surface area contributed by atoms with Gasteiger partial charge >= 0.3 is 6.18 Å². The van der Waals surface area contributed by atoms with Crippen LogP contribution < -0.4 is 10.1 Å². The Kier molecular flexibility index (Phi) is 5.17. The second-order valence-electron chi connectivity index (χ2n) is 6.20. The third-order valence-electron chi connectivity index (χ3n) is 4.07. The summed E-state index contributed by atoms with van der Waals surface area (Å²) < 4.78 is 45.7. The summed E-state index contributed by atoms with van der Waals surface area (Å²) in [4.78, 5) is 23.1. The second kappa shape index (κ2) is 7.79. The summed E-state index contributed by atoms with van der Waals surface area (Å²) in [6.45, 7) is 0. The number of hydrogen-bond donors (Lipinski definition) is 2. The molecular formula is C20H12BrF3N4O2. The predicted octanol–water partition coefficient (Wildman–Crippen LogP) is 5.78. The van der Waals surface area contributed by atoms with E-state index in [0.29, 0.717) is 11.5 Å². The molecule has 2 aromatic carbocycles. The van der Waals surface area contributed by atoms with E-state index in [2.05, 4.69) is 36.2 Å². The molecule has 0 spiro atoms. The number of ether oxygens (including phenoxy) is 1. The van der Waals surface area contributed by atoms with Gasteiger partial charge in [-0.1, -0.05) is 22.0 Å². The van der Waals surface area contributed by atoms with Gasteiger partial charge in [0.15, 0.2) is 0 Å². The molecular weight excluding hydrogens is 465 g/mol. The van der Waals surface area contributed by atoms with Crippen LogP contribution in [-0.4, -0.2) is 20.9 Å². The number of H-pyrrole nitrogens is 1. The number of carbonyl (C=O) groups is 1. The van der Waals surface area contributed by atoms with E-state index in [9.17, 15) is 18.0 Å². The molecule has 4 aromatic rings. The largest absolute Gasteiger partial charge is 0.457 e. The molecule has 6 nitrogen and oxygen atoms in total. The van der Waals surface area contributed by atoms with Gasteiger partial charge in [-0.15, -0.1) is 0 Å². The van der Waals surface area contributed by atoms with Gasteiger partial charge in [-0.05, 0) is 42.5 Å². The fourth-order valence-corrected chi connectivity index (χ4v) is 3.24. The third kappa shape index (κ3) is 4.28. The van der Waals surface area contributed by atoms with Crippen LogP contribution in [0.4, 0.5) is 19.1 Å². The first-order chi connectivity index (χ1) is 14.3. The number of carbonyl (C=O) groups excluding carboxylic acids is 1. The zero-order valence-corrected chi connectivity index (χ0v) is 16.6. The van der Waals surface area contributed by atoms with Gasteiger partial charge in [-0.2, -0.15) is 13.2 Å². The maximum Gasteiger partial charge on any atom is 0.418 e. The molecule has 0 aliphatic carbocycles. The van der Waals surface area contributed by atoms with Gasteiger partial charge < -0.3 is 9.72 Å². The number of pyridine rings is 1. The van der Waals surface area contributed by atoms with Crippen molar-refractivity contribution >= 4 is 38.8 Å². The van der Waals surface area contributed by atoms with Crippen LogP contribution in [0.5, 0.6) is 11.5 Å². The molecule has 1 amide bonds. The lowest BCUT2D eigenvalue weighted by Crippen LogP contribution is -2.13. The van der Waals surface area contributed by atoms with Gasteiger partial charge in [0.1, 0.15) is 17.0 Å². The Bertz CT molecular complexity index is 1230. The Morgan fingerprint density at radius 2 is 1.83 bits per heavy atom. The maximum atomic E-state index is 13.3. The minimum absolute atomic E-state index is 0.0981. The van der Waals surface area contributed by atoms with Crippen LogP contribution in [0.25, 0.3) is 11.0 Å². The average Bonchev–Trinajstić information content (AvgIpc) is 3.09. The van der Waals surface area contributed by atoms with Crippen LogP contribution in [0.3, 0.4) is 0 Å². The van der Waals surface area contributed by atoms with Crippen molar-refractivity contribution in [3.63, 3.8) is 0 Å². The number of alkyl halides is 3. The first-order valence-corrected chi connectivity index (χ1v) is 9.34. The smallest absolute Gasteiger partial charge is 0.418 e. The predicted molar refractivity (Wildman–Crippen MR) is 108 cm³/mol. The van der Waals surface area contributed by atoms with E-state index in [0.717, 1.165) is 6.07 Å². The number of nitrogens with zero attached hydrogens (tertiary/aromatic N) is 2. The maximum absolute atomic E-state index is 13.3. The highest BCUT2D eigenvalue weighted by molar-refractivity contribution is 9.10.